The van der Waals surface area contributed by atoms with Gasteiger partial charge in [-0.05, 0) is 36.1 Å². The van der Waals surface area contributed by atoms with Crippen molar-refractivity contribution in [3.8, 4) is 5.75 Å². The van der Waals surface area contributed by atoms with Gasteiger partial charge in [0.05, 0.1) is 0 Å². The molecule has 0 spiro atoms. The van der Waals surface area contributed by atoms with Crippen molar-refractivity contribution in [2.45, 2.75) is 38.1 Å². The average molecular weight is 231 g/mol. The second-order valence-corrected chi connectivity index (χ2v) is 5.35. The first-order chi connectivity index (χ1) is 8.05. The van der Waals surface area contributed by atoms with Crippen LogP contribution in [-0.4, -0.2) is 17.7 Å². The van der Waals surface area contributed by atoms with E-state index >= 15 is 0 Å². The molecule has 2 rings (SSSR count). The van der Waals surface area contributed by atoms with Crippen LogP contribution in [0.3, 0.4) is 0 Å². The number of hydrogen-bond acceptors (Lipinski definition) is 2. The molecule has 0 heterocycles. The van der Waals surface area contributed by atoms with E-state index in [4.69, 9.17) is 0 Å². The lowest BCUT2D eigenvalue weighted by molar-refractivity contribution is 0.310. The van der Waals surface area contributed by atoms with Crippen LogP contribution in [0.25, 0.3) is 0 Å². The van der Waals surface area contributed by atoms with Gasteiger partial charge < -0.3 is 10.4 Å². The van der Waals surface area contributed by atoms with E-state index in [9.17, 15) is 5.11 Å². The second-order valence-electron chi connectivity index (χ2n) is 5.35. The first kappa shape index (κ1) is 12.2. The van der Waals surface area contributed by atoms with Gasteiger partial charge in [0.15, 0.2) is 0 Å². The van der Waals surface area contributed by atoms with Crippen LogP contribution in [0.15, 0.2) is 30.9 Å². The Bertz CT molecular complexity index is 423. The molecule has 1 aromatic carbocycles. The van der Waals surface area contributed by atoms with Gasteiger partial charge >= 0.3 is 0 Å². The molecule has 0 saturated heterocycles. The van der Waals surface area contributed by atoms with E-state index in [1.807, 2.05) is 12.1 Å². The van der Waals surface area contributed by atoms with Crippen molar-refractivity contribution in [1.29, 1.82) is 0 Å². The van der Waals surface area contributed by atoms with Gasteiger partial charge in [-0.15, -0.1) is 6.58 Å². The van der Waals surface area contributed by atoms with E-state index in [1.54, 1.807) is 6.07 Å². The van der Waals surface area contributed by atoms with Crippen molar-refractivity contribution >= 4 is 0 Å². The molecule has 0 radical (unpaired) electrons. The number of fused-ring (bicyclic) bond motifs is 1. The predicted molar refractivity (Wildman–Crippen MR) is 71.4 cm³/mol. The van der Waals surface area contributed by atoms with E-state index in [-0.39, 0.29) is 5.41 Å². The number of nitrogens with one attached hydrogen (secondary N) is 1. The summed E-state index contributed by atoms with van der Waals surface area (Å²) in [6.45, 7) is 9.07. The van der Waals surface area contributed by atoms with Crippen LogP contribution >= 0.6 is 0 Å². The molecule has 0 unspecified atom stereocenters. The van der Waals surface area contributed by atoms with E-state index in [0.29, 0.717) is 11.8 Å². The highest BCUT2D eigenvalue weighted by atomic mass is 16.3. The van der Waals surface area contributed by atoms with Gasteiger partial charge in [0, 0.05) is 18.0 Å². The lowest BCUT2D eigenvalue weighted by atomic mass is 9.69. The van der Waals surface area contributed by atoms with Crippen molar-refractivity contribution in [3.63, 3.8) is 0 Å². The van der Waals surface area contributed by atoms with Crippen LogP contribution in [0.5, 0.6) is 5.75 Å². The Labute approximate surface area is 103 Å². The highest BCUT2D eigenvalue weighted by molar-refractivity contribution is 5.42. The highest BCUT2D eigenvalue weighted by Gasteiger charge is 2.36. The van der Waals surface area contributed by atoms with Gasteiger partial charge in [-0.2, -0.15) is 0 Å². The smallest absolute Gasteiger partial charge is 0.115 e. The zero-order valence-corrected chi connectivity index (χ0v) is 10.7. The van der Waals surface area contributed by atoms with Crippen LogP contribution in [0.2, 0.25) is 0 Å². The quantitative estimate of drug-likeness (QED) is 0.784. The molecule has 0 saturated carbocycles. The van der Waals surface area contributed by atoms with Crippen molar-refractivity contribution in [2.75, 3.05) is 6.54 Å². The van der Waals surface area contributed by atoms with Crippen LogP contribution in [0.4, 0.5) is 0 Å². The van der Waals surface area contributed by atoms with Crippen LogP contribution in [0.1, 0.15) is 31.4 Å². The molecule has 1 aliphatic rings. The fourth-order valence-corrected chi connectivity index (χ4v) is 2.81. The largest absolute Gasteiger partial charge is 0.508 e. The molecule has 0 amide bonds. The molecule has 0 fully saturated rings. The van der Waals surface area contributed by atoms with Crippen LogP contribution < -0.4 is 5.32 Å². The Hall–Kier alpha value is -1.28. The van der Waals surface area contributed by atoms with E-state index in [2.05, 4.69) is 31.8 Å². The maximum atomic E-state index is 9.65. The summed E-state index contributed by atoms with van der Waals surface area (Å²) in [5.41, 5.74) is 2.68. The van der Waals surface area contributed by atoms with Crippen LogP contribution in [-0.2, 0) is 11.8 Å². The number of aromatic hydroxyl groups is 1. The number of benzene rings is 1. The Kier molecular flexibility index (Phi) is 3.25. The van der Waals surface area contributed by atoms with E-state index < -0.39 is 0 Å². The predicted octanol–water partition coefficient (Wildman–Crippen LogP) is 2.76. The summed E-state index contributed by atoms with van der Waals surface area (Å²) in [5, 5.41) is 13.2. The Morgan fingerprint density at radius 1 is 1.53 bits per heavy atom. The molecule has 1 aromatic rings. The maximum absolute atomic E-state index is 9.65. The SMILES string of the molecule is C=CCN[C@@H]1CCc2ccc(O)cc2C1(C)C. The van der Waals surface area contributed by atoms with Crippen molar-refractivity contribution in [3.05, 3.63) is 42.0 Å². The topological polar surface area (TPSA) is 32.3 Å². The van der Waals surface area contributed by atoms with Gasteiger partial charge in [-0.3, -0.25) is 0 Å². The standard InChI is InChI=1S/C15H21NO/c1-4-9-16-14-8-6-11-5-7-12(17)10-13(11)15(14,2)3/h4-5,7,10,14,16-17H,1,6,8-9H2,2-3H3/t14-/m1/s1. The molecule has 2 nitrogen and oxygen atoms in total. The number of phenolic OH excluding ortho intramolecular Hbond substituents is 1. The second kappa shape index (κ2) is 4.53. The molecule has 2 N–H and O–H groups in total. The zero-order chi connectivity index (χ0) is 12.5. The van der Waals surface area contributed by atoms with Gasteiger partial charge in [-0.25, -0.2) is 0 Å². The summed E-state index contributed by atoms with van der Waals surface area (Å²) in [4.78, 5) is 0. The minimum absolute atomic E-state index is 0.0509. The lowest BCUT2D eigenvalue weighted by Crippen LogP contribution is -2.48. The average Bonchev–Trinajstić information content (AvgIpc) is 2.29. The first-order valence-electron chi connectivity index (χ1n) is 6.22. The van der Waals surface area contributed by atoms with E-state index in [1.165, 1.54) is 11.1 Å². The molecule has 0 aromatic heterocycles. The number of phenols is 1. The highest BCUT2D eigenvalue weighted by Crippen LogP contribution is 2.38. The molecule has 0 bridgehead atoms. The number of hydrogen-bond donors (Lipinski definition) is 2. The minimum Gasteiger partial charge on any atom is -0.508 e. The summed E-state index contributed by atoms with van der Waals surface area (Å²) >= 11 is 0. The van der Waals surface area contributed by atoms with E-state index in [0.717, 1.165) is 19.4 Å². The van der Waals surface area contributed by atoms with Crippen molar-refractivity contribution < 1.29 is 5.11 Å². The van der Waals surface area contributed by atoms with Gasteiger partial charge in [0.1, 0.15) is 5.75 Å². The van der Waals surface area contributed by atoms with Crippen molar-refractivity contribution in [2.24, 2.45) is 0 Å². The number of aryl methyl sites for hydroxylation is 1. The Morgan fingerprint density at radius 2 is 2.29 bits per heavy atom. The third-order valence-electron chi connectivity index (χ3n) is 3.87. The van der Waals surface area contributed by atoms with Gasteiger partial charge in [0.2, 0.25) is 0 Å². The molecule has 0 aliphatic heterocycles. The maximum Gasteiger partial charge on any atom is 0.115 e. The van der Waals surface area contributed by atoms with Crippen molar-refractivity contribution in [1.82, 2.24) is 5.32 Å². The molecule has 1 aliphatic carbocycles. The lowest BCUT2D eigenvalue weighted by Gasteiger charge is -2.41. The summed E-state index contributed by atoms with van der Waals surface area (Å²) in [5.74, 6) is 0.362. The van der Waals surface area contributed by atoms with Gasteiger partial charge in [0.25, 0.3) is 0 Å². The number of rotatable bonds is 3. The molecular formula is C15H21NO. The molecule has 17 heavy (non-hydrogen) atoms. The first-order valence-corrected chi connectivity index (χ1v) is 6.22. The Balaban J connectivity index is 2.33. The zero-order valence-electron chi connectivity index (χ0n) is 10.7. The summed E-state index contributed by atoms with van der Waals surface area (Å²) < 4.78 is 0. The monoisotopic (exact) mass is 231 g/mol. The molecular weight excluding hydrogens is 210 g/mol. The fraction of sp³-hybridized carbons (Fsp3) is 0.467. The molecule has 92 valence electrons. The molecule has 1 atom stereocenters. The van der Waals surface area contributed by atoms with Gasteiger partial charge in [-0.1, -0.05) is 26.0 Å². The Morgan fingerprint density at radius 3 is 3.00 bits per heavy atom. The van der Waals surface area contributed by atoms with Crippen LogP contribution in [0, 0.1) is 0 Å². The third-order valence-corrected chi connectivity index (χ3v) is 3.87. The normalized spacial score (nSPS) is 21.9. The minimum atomic E-state index is 0.0509. The third kappa shape index (κ3) is 2.22. The summed E-state index contributed by atoms with van der Waals surface area (Å²) in [6.07, 6.45) is 4.11. The fourth-order valence-electron chi connectivity index (χ4n) is 2.81. The summed E-state index contributed by atoms with van der Waals surface area (Å²) in [7, 11) is 0. The summed E-state index contributed by atoms with van der Waals surface area (Å²) in [6, 6.07) is 6.19. The molecule has 2 heteroatoms.